The van der Waals surface area contributed by atoms with Gasteiger partial charge in [-0.05, 0) is 42.3 Å². The third-order valence-electron chi connectivity index (χ3n) is 3.97. The van der Waals surface area contributed by atoms with Crippen LogP contribution in [0, 0.1) is 6.92 Å². The predicted octanol–water partition coefficient (Wildman–Crippen LogP) is 2.50. The Balaban J connectivity index is 1.88. The second kappa shape index (κ2) is 6.16. The number of nitrogens with zero attached hydrogens (tertiary/aromatic N) is 2. The van der Waals surface area contributed by atoms with Gasteiger partial charge in [0.05, 0.1) is 19.3 Å². The summed E-state index contributed by atoms with van der Waals surface area (Å²) in [5, 5.41) is 0. The average Bonchev–Trinajstić information content (AvgIpc) is 2.80. The van der Waals surface area contributed by atoms with E-state index in [0.29, 0.717) is 11.4 Å². The second-order valence-electron chi connectivity index (χ2n) is 5.44. The lowest BCUT2D eigenvalue weighted by molar-refractivity contribution is -0.139. The fourth-order valence-electron chi connectivity index (χ4n) is 2.56. The Kier molecular flexibility index (Phi) is 4.04. The summed E-state index contributed by atoms with van der Waals surface area (Å²) in [5.41, 5.74) is 2.11. The third-order valence-corrected chi connectivity index (χ3v) is 3.97. The van der Waals surface area contributed by atoms with Crippen molar-refractivity contribution in [3.8, 4) is 5.75 Å². The minimum absolute atomic E-state index is 0.0722. The molecule has 0 spiro atoms. The largest absolute Gasteiger partial charge is 0.497 e. The zero-order valence-electron chi connectivity index (χ0n) is 13.4. The summed E-state index contributed by atoms with van der Waals surface area (Å²) in [4.78, 5) is 38.9. The molecule has 1 aliphatic heterocycles. The molecule has 0 bridgehead atoms. The molecule has 4 amide bonds. The first-order chi connectivity index (χ1) is 11.5. The van der Waals surface area contributed by atoms with Gasteiger partial charge >= 0.3 is 17.8 Å². The van der Waals surface area contributed by atoms with Gasteiger partial charge in [-0.15, -0.1) is 0 Å². The highest BCUT2D eigenvalue weighted by Crippen LogP contribution is 2.26. The van der Waals surface area contributed by atoms with Gasteiger partial charge in [0.25, 0.3) is 0 Å². The van der Waals surface area contributed by atoms with Crippen LogP contribution in [0.15, 0.2) is 48.5 Å². The number of imide groups is 2. The van der Waals surface area contributed by atoms with Gasteiger partial charge in [-0.25, -0.2) is 9.69 Å². The molecule has 6 nitrogen and oxygen atoms in total. The Bertz CT molecular complexity index is 814. The maximum Gasteiger partial charge on any atom is 0.339 e. The summed E-state index contributed by atoms with van der Waals surface area (Å²) in [6.45, 7) is 1.96. The lowest BCUT2D eigenvalue weighted by atomic mass is 10.1. The number of hydrogen-bond donors (Lipinski definition) is 0. The molecule has 24 heavy (non-hydrogen) atoms. The van der Waals surface area contributed by atoms with E-state index in [9.17, 15) is 14.4 Å². The Morgan fingerprint density at radius 3 is 2.21 bits per heavy atom. The van der Waals surface area contributed by atoms with Crippen LogP contribution < -0.4 is 9.64 Å². The number of amides is 4. The summed E-state index contributed by atoms with van der Waals surface area (Å²) in [6, 6.07) is 13.2. The van der Waals surface area contributed by atoms with Crippen LogP contribution in [-0.2, 0) is 16.1 Å². The van der Waals surface area contributed by atoms with Gasteiger partial charge in [0.2, 0.25) is 0 Å². The van der Waals surface area contributed by atoms with E-state index in [0.717, 1.165) is 20.9 Å². The molecule has 122 valence electrons. The summed E-state index contributed by atoms with van der Waals surface area (Å²) in [5.74, 6) is -1.07. The number of benzene rings is 2. The number of carbonyl (C=O) groups is 3. The molecule has 0 saturated carbocycles. The summed E-state index contributed by atoms with van der Waals surface area (Å²) in [7, 11) is 1.52. The Hall–Kier alpha value is -3.15. The average molecular weight is 324 g/mol. The molecule has 2 aromatic carbocycles. The standard InChI is InChI=1S/C18H16N2O4/c1-12-5-3-4-6-13(12)11-19-16(21)17(22)20(18(19)23)14-7-9-15(24-2)10-8-14/h3-10H,11H2,1-2H3. The van der Waals surface area contributed by atoms with E-state index >= 15 is 0 Å². The van der Waals surface area contributed by atoms with E-state index in [4.69, 9.17) is 4.74 Å². The van der Waals surface area contributed by atoms with E-state index in [1.807, 2.05) is 31.2 Å². The summed E-state index contributed by atoms with van der Waals surface area (Å²) < 4.78 is 5.05. The smallest absolute Gasteiger partial charge is 0.339 e. The third kappa shape index (κ3) is 2.62. The monoisotopic (exact) mass is 324 g/mol. The zero-order chi connectivity index (χ0) is 17.3. The van der Waals surface area contributed by atoms with Crippen LogP contribution in [0.1, 0.15) is 11.1 Å². The Labute approximate surface area is 139 Å². The van der Waals surface area contributed by atoms with Crippen molar-refractivity contribution in [2.24, 2.45) is 0 Å². The molecule has 1 aliphatic rings. The van der Waals surface area contributed by atoms with Crippen molar-refractivity contribution in [2.45, 2.75) is 13.5 Å². The van der Waals surface area contributed by atoms with Crippen molar-refractivity contribution < 1.29 is 19.1 Å². The SMILES string of the molecule is COc1ccc(N2C(=O)C(=O)N(Cc3ccccc3C)C2=O)cc1. The molecule has 0 radical (unpaired) electrons. The second-order valence-corrected chi connectivity index (χ2v) is 5.44. The van der Waals surface area contributed by atoms with Crippen LogP contribution in [0.25, 0.3) is 0 Å². The molecule has 1 heterocycles. The maximum absolute atomic E-state index is 12.6. The first kappa shape index (κ1) is 15.7. The lowest BCUT2D eigenvalue weighted by Crippen LogP contribution is -2.33. The molecule has 0 N–H and O–H groups in total. The predicted molar refractivity (Wildman–Crippen MR) is 87.6 cm³/mol. The summed E-state index contributed by atoms with van der Waals surface area (Å²) in [6.07, 6.45) is 0. The summed E-state index contributed by atoms with van der Waals surface area (Å²) >= 11 is 0. The first-order valence-corrected chi connectivity index (χ1v) is 7.41. The van der Waals surface area contributed by atoms with Crippen LogP contribution >= 0.6 is 0 Å². The molecule has 3 rings (SSSR count). The van der Waals surface area contributed by atoms with Crippen LogP contribution in [-0.4, -0.2) is 29.9 Å². The Morgan fingerprint density at radius 2 is 1.58 bits per heavy atom. The van der Waals surface area contributed by atoms with Crippen LogP contribution in [0.2, 0.25) is 0 Å². The van der Waals surface area contributed by atoms with E-state index < -0.39 is 17.8 Å². The highest BCUT2D eigenvalue weighted by Gasteiger charge is 2.45. The molecule has 0 atom stereocenters. The fraction of sp³-hybridized carbons (Fsp3) is 0.167. The van der Waals surface area contributed by atoms with Gasteiger partial charge in [0, 0.05) is 0 Å². The number of aryl methyl sites for hydroxylation is 1. The molecular formula is C18H16N2O4. The maximum atomic E-state index is 12.6. The van der Waals surface area contributed by atoms with Crippen molar-refractivity contribution in [3.05, 3.63) is 59.7 Å². The molecule has 1 fully saturated rings. The highest BCUT2D eigenvalue weighted by molar-refractivity contribution is 6.52. The number of carbonyl (C=O) groups excluding carboxylic acids is 3. The molecule has 1 saturated heterocycles. The number of urea groups is 1. The van der Waals surface area contributed by atoms with E-state index in [-0.39, 0.29) is 6.54 Å². The Morgan fingerprint density at radius 1 is 0.917 bits per heavy atom. The molecule has 6 heteroatoms. The van der Waals surface area contributed by atoms with Gasteiger partial charge in [-0.2, -0.15) is 0 Å². The first-order valence-electron chi connectivity index (χ1n) is 7.41. The van der Waals surface area contributed by atoms with Crippen LogP contribution in [0.5, 0.6) is 5.75 Å². The van der Waals surface area contributed by atoms with Gasteiger partial charge in [-0.3, -0.25) is 14.5 Å². The molecule has 0 aromatic heterocycles. The van der Waals surface area contributed by atoms with Gasteiger partial charge in [0.1, 0.15) is 5.75 Å². The molecular weight excluding hydrogens is 308 g/mol. The van der Waals surface area contributed by atoms with Crippen molar-refractivity contribution in [1.82, 2.24) is 4.90 Å². The van der Waals surface area contributed by atoms with E-state index in [2.05, 4.69) is 0 Å². The van der Waals surface area contributed by atoms with Crippen LogP contribution in [0.4, 0.5) is 10.5 Å². The highest BCUT2D eigenvalue weighted by atomic mass is 16.5. The number of anilines is 1. The van der Waals surface area contributed by atoms with Crippen molar-refractivity contribution in [1.29, 1.82) is 0 Å². The number of rotatable bonds is 4. The molecule has 2 aromatic rings. The number of methoxy groups -OCH3 is 1. The van der Waals surface area contributed by atoms with Gasteiger partial charge in [-0.1, -0.05) is 24.3 Å². The van der Waals surface area contributed by atoms with E-state index in [1.54, 1.807) is 24.3 Å². The number of hydrogen-bond acceptors (Lipinski definition) is 4. The van der Waals surface area contributed by atoms with E-state index in [1.165, 1.54) is 7.11 Å². The van der Waals surface area contributed by atoms with Gasteiger partial charge in [0.15, 0.2) is 0 Å². The van der Waals surface area contributed by atoms with Crippen molar-refractivity contribution in [2.75, 3.05) is 12.0 Å². The van der Waals surface area contributed by atoms with Gasteiger partial charge < -0.3 is 4.74 Å². The number of ether oxygens (including phenoxy) is 1. The quantitative estimate of drug-likeness (QED) is 0.640. The van der Waals surface area contributed by atoms with Crippen molar-refractivity contribution >= 4 is 23.5 Å². The minimum atomic E-state index is -0.848. The fourth-order valence-corrected chi connectivity index (χ4v) is 2.56. The zero-order valence-corrected chi connectivity index (χ0v) is 13.4. The molecule has 0 unspecified atom stereocenters. The van der Waals surface area contributed by atoms with Crippen molar-refractivity contribution in [3.63, 3.8) is 0 Å². The minimum Gasteiger partial charge on any atom is -0.497 e. The van der Waals surface area contributed by atoms with Crippen LogP contribution in [0.3, 0.4) is 0 Å². The normalized spacial score (nSPS) is 14.5. The molecule has 0 aliphatic carbocycles. The topological polar surface area (TPSA) is 66.9 Å². The lowest BCUT2D eigenvalue weighted by Gasteiger charge is -2.16.